The summed E-state index contributed by atoms with van der Waals surface area (Å²) in [5, 5.41) is 8.96. The maximum Gasteiger partial charge on any atom is 0.268 e. The Morgan fingerprint density at radius 1 is 1.23 bits per heavy atom. The van der Waals surface area contributed by atoms with E-state index in [1.165, 1.54) is 31.4 Å². The van der Waals surface area contributed by atoms with E-state index in [1.807, 2.05) is 0 Å². The molecule has 0 spiro atoms. The Morgan fingerprint density at radius 2 is 1.91 bits per heavy atom. The summed E-state index contributed by atoms with van der Waals surface area (Å²) in [6.07, 6.45) is 0. The average molecular weight is 325 g/mol. The van der Waals surface area contributed by atoms with Crippen molar-refractivity contribution in [3.8, 4) is 0 Å². The Morgan fingerprint density at radius 3 is 2.50 bits per heavy atom. The molecule has 7 heteroatoms. The molecule has 1 aliphatic heterocycles. The predicted molar refractivity (Wildman–Crippen MR) is 81.5 cm³/mol. The van der Waals surface area contributed by atoms with Crippen LogP contribution in [-0.4, -0.2) is 54.4 Å². The number of amides is 2. The number of carbonyl (C=O) groups is 2. The van der Waals surface area contributed by atoms with Gasteiger partial charge in [-0.2, -0.15) is 0 Å². The van der Waals surface area contributed by atoms with Crippen molar-refractivity contribution in [2.75, 3.05) is 32.6 Å². The zero-order chi connectivity index (χ0) is 16.1. The molecular formula is C15H16FNO4S. The van der Waals surface area contributed by atoms with Crippen LogP contribution in [0.5, 0.6) is 0 Å². The Hall–Kier alpha value is -1.70. The van der Waals surface area contributed by atoms with E-state index < -0.39 is 17.6 Å². The van der Waals surface area contributed by atoms with Gasteiger partial charge in [-0.25, -0.2) is 4.39 Å². The summed E-state index contributed by atoms with van der Waals surface area (Å²) < 4.78 is 18.0. The Kier molecular flexibility index (Phi) is 5.70. The van der Waals surface area contributed by atoms with E-state index in [9.17, 15) is 14.0 Å². The van der Waals surface area contributed by atoms with Gasteiger partial charge in [0.25, 0.3) is 11.8 Å². The number of hydrogen-bond donors (Lipinski definition) is 1. The van der Waals surface area contributed by atoms with Gasteiger partial charge in [0.2, 0.25) is 0 Å². The molecule has 118 valence electrons. The monoisotopic (exact) mass is 325 g/mol. The quantitative estimate of drug-likeness (QED) is 0.765. The second-order valence-corrected chi connectivity index (χ2v) is 5.64. The van der Waals surface area contributed by atoms with Gasteiger partial charge in [0, 0.05) is 12.9 Å². The van der Waals surface area contributed by atoms with E-state index in [1.54, 1.807) is 0 Å². The zero-order valence-electron chi connectivity index (χ0n) is 12.0. The number of aliphatic hydroxyl groups excluding tert-OH is 1. The van der Waals surface area contributed by atoms with E-state index in [0.717, 1.165) is 16.7 Å². The topological polar surface area (TPSA) is 66.8 Å². The normalized spacial score (nSPS) is 15.1. The van der Waals surface area contributed by atoms with E-state index in [-0.39, 0.29) is 30.2 Å². The number of rotatable bonds is 7. The Labute approximate surface area is 131 Å². The summed E-state index contributed by atoms with van der Waals surface area (Å²) >= 11 is 1.12. The van der Waals surface area contributed by atoms with Crippen LogP contribution in [0.2, 0.25) is 0 Å². The Bertz CT molecular complexity index is 600. The molecule has 0 saturated carbocycles. The van der Waals surface area contributed by atoms with Crippen LogP contribution in [0.15, 0.2) is 29.2 Å². The minimum absolute atomic E-state index is 0.107. The van der Waals surface area contributed by atoms with Crippen LogP contribution in [-0.2, 0) is 14.3 Å². The Balaban J connectivity index is 2.38. The van der Waals surface area contributed by atoms with Crippen molar-refractivity contribution < 1.29 is 23.8 Å². The van der Waals surface area contributed by atoms with Crippen LogP contribution in [0.25, 0.3) is 5.57 Å². The third-order valence-electron chi connectivity index (χ3n) is 3.12. The molecule has 0 bridgehead atoms. The number of methoxy groups -OCH3 is 1. The molecule has 0 fully saturated rings. The van der Waals surface area contributed by atoms with E-state index >= 15 is 0 Å². The molecule has 0 unspecified atom stereocenters. The highest BCUT2D eigenvalue weighted by atomic mass is 32.2. The maximum atomic E-state index is 13.1. The number of ether oxygens (including phenoxy) is 1. The first-order chi connectivity index (χ1) is 10.6. The van der Waals surface area contributed by atoms with Crippen molar-refractivity contribution in [3.05, 3.63) is 40.6 Å². The molecular weight excluding hydrogens is 309 g/mol. The van der Waals surface area contributed by atoms with Crippen molar-refractivity contribution in [1.29, 1.82) is 0 Å². The van der Waals surface area contributed by atoms with Gasteiger partial charge in [0.1, 0.15) is 5.82 Å². The van der Waals surface area contributed by atoms with Gasteiger partial charge in [-0.05, 0) is 17.7 Å². The van der Waals surface area contributed by atoms with Crippen LogP contribution in [0.3, 0.4) is 0 Å². The summed E-state index contributed by atoms with van der Waals surface area (Å²) in [6.45, 7) is 0.290. The summed E-state index contributed by atoms with van der Waals surface area (Å²) in [4.78, 5) is 26.3. The summed E-state index contributed by atoms with van der Waals surface area (Å²) in [5.74, 6) is -0.937. The minimum Gasteiger partial charge on any atom is -0.396 e. The molecule has 0 radical (unpaired) electrons. The number of imide groups is 1. The molecule has 1 heterocycles. The average Bonchev–Trinajstić information content (AvgIpc) is 2.75. The van der Waals surface area contributed by atoms with Crippen molar-refractivity contribution in [3.63, 3.8) is 0 Å². The second-order valence-electron chi connectivity index (χ2n) is 4.54. The largest absolute Gasteiger partial charge is 0.396 e. The summed E-state index contributed by atoms with van der Waals surface area (Å²) in [6, 6.07) is 5.42. The van der Waals surface area contributed by atoms with Gasteiger partial charge < -0.3 is 9.84 Å². The first-order valence-electron chi connectivity index (χ1n) is 6.69. The van der Waals surface area contributed by atoms with Gasteiger partial charge in [-0.1, -0.05) is 12.1 Å². The first-order valence-corrected chi connectivity index (χ1v) is 7.67. The van der Waals surface area contributed by atoms with E-state index in [4.69, 9.17) is 9.84 Å². The van der Waals surface area contributed by atoms with E-state index in [2.05, 4.69) is 0 Å². The van der Waals surface area contributed by atoms with Gasteiger partial charge in [0.05, 0.1) is 30.2 Å². The van der Waals surface area contributed by atoms with Crippen LogP contribution in [0, 0.1) is 5.82 Å². The fraction of sp³-hybridized carbons (Fsp3) is 0.333. The van der Waals surface area contributed by atoms with Gasteiger partial charge in [-0.3, -0.25) is 14.5 Å². The van der Waals surface area contributed by atoms with Crippen molar-refractivity contribution >= 4 is 29.1 Å². The SMILES string of the molecule is COCCN1C(=O)C(SCCO)=C(c2ccc(F)cc2)C1=O. The molecule has 1 aromatic rings. The fourth-order valence-electron chi connectivity index (χ4n) is 2.09. The number of carbonyl (C=O) groups excluding carboxylic acids is 2. The number of halogens is 1. The highest BCUT2D eigenvalue weighted by molar-refractivity contribution is 8.04. The highest BCUT2D eigenvalue weighted by Gasteiger charge is 2.38. The van der Waals surface area contributed by atoms with Crippen LogP contribution in [0.1, 0.15) is 5.56 Å². The van der Waals surface area contributed by atoms with Crippen molar-refractivity contribution in [2.45, 2.75) is 0 Å². The van der Waals surface area contributed by atoms with Gasteiger partial charge >= 0.3 is 0 Å². The van der Waals surface area contributed by atoms with Gasteiger partial charge in [-0.15, -0.1) is 11.8 Å². The third kappa shape index (κ3) is 3.37. The molecule has 0 aliphatic carbocycles. The fourth-order valence-corrected chi connectivity index (χ4v) is 2.97. The molecule has 1 aromatic carbocycles. The highest BCUT2D eigenvalue weighted by Crippen LogP contribution is 2.35. The maximum absolute atomic E-state index is 13.1. The molecule has 1 N–H and O–H groups in total. The standard InChI is InChI=1S/C15H16FNO4S/c1-21-8-6-17-14(19)12(10-2-4-11(16)5-3-10)13(15(17)20)22-9-7-18/h2-5,18H,6-9H2,1H3. The smallest absolute Gasteiger partial charge is 0.268 e. The van der Waals surface area contributed by atoms with E-state index in [0.29, 0.717) is 11.3 Å². The third-order valence-corrected chi connectivity index (χ3v) is 4.17. The molecule has 5 nitrogen and oxygen atoms in total. The molecule has 0 atom stereocenters. The lowest BCUT2D eigenvalue weighted by atomic mass is 10.1. The summed E-state index contributed by atoms with van der Waals surface area (Å²) in [5.41, 5.74) is 0.736. The van der Waals surface area contributed by atoms with Crippen LogP contribution < -0.4 is 0 Å². The number of thioether (sulfide) groups is 1. The number of aliphatic hydroxyl groups is 1. The minimum atomic E-state index is -0.422. The first kappa shape index (κ1) is 16.7. The zero-order valence-corrected chi connectivity index (χ0v) is 12.9. The van der Waals surface area contributed by atoms with Crippen LogP contribution >= 0.6 is 11.8 Å². The lowest BCUT2D eigenvalue weighted by Gasteiger charge is -2.14. The molecule has 0 saturated heterocycles. The number of benzene rings is 1. The van der Waals surface area contributed by atoms with Crippen molar-refractivity contribution in [2.24, 2.45) is 0 Å². The number of nitrogens with zero attached hydrogens (tertiary/aromatic N) is 1. The predicted octanol–water partition coefficient (Wildman–Crippen LogP) is 1.28. The molecule has 2 amide bonds. The second kappa shape index (κ2) is 7.53. The molecule has 1 aliphatic rings. The molecule has 0 aromatic heterocycles. The molecule has 22 heavy (non-hydrogen) atoms. The number of hydrogen-bond acceptors (Lipinski definition) is 5. The van der Waals surface area contributed by atoms with Crippen LogP contribution in [0.4, 0.5) is 4.39 Å². The van der Waals surface area contributed by atoms with Crippen molar-refractivity contribution in [1.82, 2.24) is 4.90 Å². The lowest BCUT2D eigenvalue weighted by Crippen LogP contribution is -2.34. The molecule has 2 rings (SSSR count). The summed E-state index contributed by atoms with van der Waals surface area (Å²) in [7, 11) is 1.49. The van der Waals surface area contributed by atoms with Gasteiger partial charge in [0.15, 0.2) is 0 Å². The lowest BCUT2D eigenvalue weighted by molar-refractivity contribution is -0.137.